The van der Waals surface area contributed by atoms with Crippen molar-refractivity contribution >= 4 is 16.7 Å². The number of anilines is 1. The topological polar surface area (TPSA) is 38.1 Å². The molecule has 3 aromatic rings. The van der Waals surface area contributed by atoms with Gasteiger partial charge >= 0.3 is 0 Å². The van der Waals surface area contributed by atoms with E-state index in [4.69, 9.17) is 4.42 Å². The molecule has 0 aliphatic carbocycles. The number of fused-ring (bicyclic) bond motifs is 1. The highest BCUT2D eigenvalue weighted by Gasteiger charge is 2.04. The van der Waals surface area contributed by atoms with Gasteiger partial charge in [0.2, 0.25) is 0 Å². The van der Waals surface area contributed by atoms with Crippen molar-refractivity contribution in [1.82, 2.24) is 4.98 Å². The lowest BCUT2D eigenvalue weighted by molar-refractivity contribution is 0.611. The van der Waals surface area contributed by atoms with Crippen LogP contribution in [0.2, 0.25) is 0 Å². The summed E-state index contributed by atoms with van der Waals surface area (Å²) < 4.78 is 5.48. The SMILES string of the molecule is c1cncc(NCc2coc3ccccc23)c1. The molecule has 3 nitrogen and oxygen atoms in total. The van der Waals surface area contributed by atoms with E-state index in [2.05, 4.69) is 16.4 Å². The molecule has 0 saturated heterocycles. The van der Waals surface area contributed by atoms with E-state index in [0.717, 1.165) is 28.8 Å². The maximum Gasteiger partial charge on any atom is 0.134 e. The Labute approximate surface area is 99.1 Å². The van der Waals surface area contributed by atoms with Gasteiger partial charge in [-0.05, 0) is 18.2 Å². The van der Waals surface area contributed by atoms with Crippen molar-refractivity contribution in [3.63, 3.8) is 0 Å². The Morgan fingerprint density at radius 1 is 1.12 bits per heavy atom. The standard InChI is InChI=1S/C14H12N2O/c1-2-6-14-13(5-1)11(10-17-14)8-16-12-4-3-7-15-9-12/h1-7,9-10,16H,8H2. The van der Waals surface area contributed by atoms with Crippen molar-refractivity contribution in [2.45, 2.75) is 6.54 Å². The van der Waals surface area contributed by atoms with Gasteiger partial charge in [0.1, 0.15) is 5.58 Å². The molecule has 0 unspecified atom stereocenters. The molecule has 3 heteroatoms. The molecule has 1 aromatic carbocycles. The van der Waals surface area contributed by atoms with Crippen molar-refractivity contribution in [3.8, 4) is 0 Å². The minimum Gasteiger partial charge on any atom is -0.464 e. The molecular weight excluding hydrogens is 212 g/mol. The van der Waals surface area contributed by atoms with Gasteiger partial charge in [-0.15, -0.1) is 0 Å². The van der Waals surface area contributed by atoms with E-state index >= 15 is 0 Å². The number of nitrogens with one attached hydrogen (secondary N) is 1. The molecule has 0 fully saturated rings. The van der Waals surface area contributed by atoms with Crippen LogP contribution in [-0.4, -0.2) is 4.98 Å². The van der Waals surface area contributed by atoms with Crippen LogP contribution >= 0.6 is 0 Å². The summed E-state index contributed by atoms with van der Waals surface area (Å²) in [5.41, 5.74) is 3.10. The number of benzene rings is 1. The first-order chi connectivity index (χ1) is 8.43. The monoisotopic (exact) mass is 224 g/mol. The maximum atomic E-state index is 5.48. The zero-order chi connectivity index (χ0) is 11.5. The lowest BCUT2D eigenvalue weighted by Gasteiger charge is -2.03. The summed E-state index contributed by atoms with van der Waals surface area (Å²) in [6.07, 6.45) is 5.37. The summed E-state index contributed by atoms with van der Waals surface area (Å²) in [4.78, 5) is 4.06. The van der Waals surface area contributed by atoms with E-state index < -0.39 is 0 Å². The predicted octanol–water partition coefficient (Wildman–Crippen LogP) is 3.44. The number of hydrogen-bond donors (Lipinski definition) is 1. The molecule has 3 rings (SSSR count). The second-order valence-corrected chi connectivity index (χ2v) is 3.85. The third-order valence-electron chi connectivity index (χ3n) is 2.71. The third-order valence-corrected chi connectivity index (χ3v) is 2.71. The molecule has 2 aromatic heterocycles. The maximum absolute atomic E-state index is 5.48. The minimum atomic E-state index is 0.739. The fraction of sp³-hybridized carbons (Fsp3) is 0.0714. The molecule has 0 aliphatic rings. The van der Waals surface area contributed by atoms with Crippen LogP contribution in [0.15, 0.2) is 59.5 Å². The highest BCUT2D eigenvalue weighted by Crippen LogP contribution is 2.21. The second-order valence-electron chi connectivity index (χ2n) is 3.85. The Kier molecular flexibility index (Phi) is 2.50. The van der Waals surface area contributed by atoms with E-state index in [1.807, 2.05) is 36.5 Å². The molecule has 0 radical (unpaired) electrons. The third kappa shape index (κ3) is 1.99. The van der Waals surface area contributed by atoms with Gasteiger partial charge in [-0.3, -0.25) is 4.98 Å². The fourth-order valence-electron chi connectivity index (χ4n) is 1.83. The van der Waals surface area contributed by atoms with Gasteiger partial charge in [-0.25, -0.2) is 0 Å². The van der Waals surface area contributed by atoms with Crippen molar-refractivity contribution in [2.75, 3.05) is 5.32 Å². The Hall–Kier alpha value is -2.29. The van der Waals surface area contributed by atoms with Crippen LogP contribution in [0.3, 0.4) is 0 Å². The average Bonchev–Trinajstić information content (AvgIpc) is 2.81. The molecular formula is C14H12N2O. The van der Waals surface area contributed by atoms with E-state index in [1.54, 1.807) is 12.5 Å². The van der Waals surface area contributed by atoms with Gasteiger partial charge in [0.25, 0.3) is 0 Å². The van der Waals surface area contributed by atoms with Crippen LogP contribution in [0, 0.1) is 0 Å². The Morgan fingerprint density at radius 3 is 2.94 bits per heavy atom. The van der Waals surface area contributed by atoms with Crippen LogP contribution in [0.25, 0.3) is 11.0 Å². The van der Waals surface area contributed by atoms with Gasteiger partial charge in [0.05, 0.1) is 12.0 Å². The van der Waals surface area contributed by atoms with Crippen molar-refractivity contribution in [2.24, 2.45) is 0 Å². The van der Waals surface area contributed by atoms with Gasteiger partial charge in [0, 0.05) is 29.9 Å². The second kappa shape index (κ2) is 4.29. The molecule has 0 atom stereocenters. The Bertz CT molecular complexity index is 616. The molecule has 0 amide bonds. The number of para-hydroxylation sites is 1. The number of furan rings is 1. The lowest BCUT2D eigenvalue weighted by Crippen LogP contribution is -1.98. The van der Waals surface area contributed by atoms with Crippen LogP contribution in [0.4, 0.5) is 5.69 Å². The minimum absolute atomic E-state index is 0.739. The largest absolute Gasteiger partial charge is 0.464 e. The van der Waals surface area contributed by atoms with Crippen molar-refractivity contribution < 1.29 is 4.42 Å². The number of rotatable bonds is 3. The van der Waals surface area contributed by atoms with E-state index in [1.165, 1.54) is 0 Å². The highest BCUT2D eigenvalue weighted by atomic mass is 16.3. The summed E-state index contributed by atoms with van der Waals surface area (Å²) in [6.45, 7) is 0.739. The summed E-state index contributed by atoms with van der Waals surface area (Å²) in [7, 11) is 0. The molecule has 2 heterocycles. The molecule has 0 spiro atoms. The number of nitrogens with zero attached hydrogens (tertiary/aromatic N) is 1. The van der Waals surface area contributed by atoms with Crippen LogP contribution in [-0.2, 0) is 6.54 Å². The summed E-state index contributed by atoms with van der Waals surface area (Å²) in [6, 6.07) is 11.9. The smallest absolute Gasteiger partial charge is 0.134 e. The number of hydrogen-bond acceptors (Lipinski definition) is 3. The average molecular weight is 224 g/mol. The highest BCUT2D eigenvalue weighted by molar-refractivity contribution is 5.81. The Morgan fingerprint density at radius 2 is 2.06 bits per heavy atom. The first kappa shape index (κ1) is 9.90. The number of aromatic nitrogens is 1. The molecule has 1 N–H and O–H groups in total. The first-order valence-corrected chi connectivity index (χ1v) is 5.52. The van der Waals surface area contributed by atoms with Crippen molar-refractivity contribution in [3.05, 3.63) is 60.6 Å². The molecule has 0 saturated carbocycles. The van der Waals surface area contributed by atoms with Gasteiger partial charge < -0.3 is 9.73 Å². The summed E-state index contributed by atoms with van der Waals surface area (Å²) in [5, 5.41) is 4.47. The van der Waals surface area contributed by atoms with E-state index in [9.17, 15) is 0 Å². The van der Waals surface area contributed by atoms with Crippen LogP contribution < -0.4 is 5.32 Å². The summed E-state index contributed by atoms with van der Waals surface area (Å²) >= 11 is 0. The quantitative estimate of drug-likeness (QED) is 0.740. The molecule has 0 aliphatic heterocycles. The molecule has 17 heavy (non-hydrogen) atoms. The summed E-state index contributed by atoms with van der Waals surface area (Å²) in [5.74, 6) is 0. The molecule has 0 bridgehead atoms. The van der Waals surface area contributed by atoms with E-state index in [0.29, 0.717) is 0 Å². The zero-order valence-corrected chi connectivity index (χ0v) is 9.26. The van der Waals surface area contributed by atoms with Crippen LogP contribution in [0.1, 0.15) is 5.56 Å². The predicted molar refractivity (Wildman–Crippen MR) is 67.8 cm³/mol. The van der Waals surface area contributed by atoms with Gasteiger partial charge in [-0.1, -0.05) is 18.2 Å². The van der Waals surface area contributed by atoms with Crippen molar-refractivity contribution in [1.29, 1.82) is 0 Å². The number of pyridine rings is 1. The lowest BCUT2D eigenvalue weighted by atomic mass is 10.2. The molecule has 84 valence electrons. The van der Waals surface area contributed by atoms with Gasteiger partial charge in [0.15, 0.2) is 0 Å². The van der Waals surface area contributed by atoms with E-state index in [-0.39, 0.29) is 0 Å². The first-order valence-electron chi connectivity index (χ1n) is 5.52. The Balaban J connectivity index is 1.82. The van der Waals surface area contributed by atoms with Crippen LogP contribution in [0.5, 0.6) is 0 Å². The van der Waals surface area contributed by atoms with Gasteiger partial charge in [-0.2, -0.15) is 0 Å². The fourth-order valence-corrected chi connectivity index (χ4v) is 1.83. The zero-order valence-electron chi connectivity index (χ0n) is 9.26. The normalized spacial score (nSPS) is 10.6.